The highest BCUT2D eigenvalue weighted by atomic mass is 79.9. The summed E-state index contributed by atoms with van der Waals surface area (Å²) in [6.45, 7) is 0.0231. The predicted octanol–water partition coefficient (Wildman–Crippen LogP) is 2.97. The molecule has 0 atom stereocenters. The lowest BCUT2D eigenvalue weighted by Crippen LogP contribution is -1.82. The number of aldehydes is 1. The number of halogens is 1. The number of fused-ring (bicyclic) bond motifs is 1. The molecule has 0 amide bonds. The highest BCUT2D eigenvalue weighted by Crippen LogP contribution is 2.31. The van der Waals surface area contributed by atoms with Crippen LogP contribution in [0.1, 0.15) is 15.2 Å². The summed E-state index contributed by atoms with van der Waals surface area (Å²) in [4.78, 5) is 11.7. The number of benzene rings is 1. The first kappa shape index (κ1) is 9.83. The van der Waals surface area contributed by atoms with Gasteiger partial charge in [0, 0.05) is 25.0 Å². The van der Waals surface area contributed by atoms with E-state index in [0.29, 0.717) is 5.56 Å². The van der Waals surface area contributed by atoms with Crippen LogP contribution < -0.4 is 0 Å². The lowest BCUT2D eigenvalue weighted by molar-refractivity contribution is 0.112. The van der Waals surface area contributed by atoms with Crippen LogP contribution in [0.4, 0.5) is 0 Å². The van der Waals surface area contributed by atoms with Crippen molar-refractivity contribution in [1.82, 2.24) is 0 Å². The number of hydrogen-bond donors (Lipinski definition) is 1. The summed E-state index contributed by atoms with van der Waals surface area (Å²) in [6, 6.07) is 5.65. The quantitative estimate of drug-likeness (QED) is 0.852. The molecule has 0 radical (unpaired) electrons. The van der Waals surface area contributed by atoms with Gasteiger partial charge in [-0.25, -0.2) is 0 Å². The molecule has 2 rings (SSSR count). The lowest BCUT2D eigenvalue weighted by Gasteiger charge is -1.96. The first-order chi connectivity index (χ1) is 6.76. The minimum atomic E-state index is 0.0231. The monoisotopic (exact) mass is 270 g/mol. The van der Waals surface area contributed by atoms with Gasteiger partial charge in [0.2, 0.25) is 0 Å². The third kappa shape index (κ3) is 1.49. The van der Waals surface area contributed by atoms with E-state index in [2.05, 4.69) is 15.9 Å². The molecule has 0 aliphatic heterocycles. The van der Waals surface area contributed by atoms with Crippen LogP contribution in [0.25, 0.3) is 10.1 Å². The molecule has 1 aromatic heterocycles. The molecule has 2 aromatic rings. The van der Waals surface area contributed by atoms with Crippen LogP contribution in [0.5, 0.6) is 0 Å². The minimum absolute atomic E-state index is 0.0231. The zero-order chi connectivity index (χ0) is 10.1. The second kappa shape index (κ2) is 3.81. The van der Waals surface area contributed by atoms with Crippen molar-refractivity contribution in [3.63, 3.8) is 0 Å². The average molecular weight is 271 g/mol. The van der Waals surface area contributed by atoms with Gasteiger partial charge in [0.15, 0.2) is 6.29 Å². The van der Waals surface area contributed by atoms with Crippen LogP contribution in [0.3, 0.4) is 0 Å². The summed E-state index contributed by atoms with van der Waals surface area (Å²) in [6.07, 6.45) is 0.834. The summed E-state index contributed by atoms with van der Waals surface area (Å²) in [5.74, 6) is 0. The normalized spacial score (nSPS) is 10.7. The minimum Gasteiger partial charge on any atom is -0.391 e. The van der Waals surface area contributed by atoms with Crippen LogP contribution in [0, 0.1) is 0 Å². The number of aliphatic hydroxyl groups excluding tert-OH is 1. The molecule has 1 heterocycles. The molecule has 1 N–H and O–H groups in total. The number of carbonyl (C=O) groups excluding carboxylic acids is 1. The van der Waals surface area contributed by atoms with E-state index < -0.39 is 0 Å². The van der Waals surface area contributed by atoms with Crippen molar-refractivity contribution >= 4 is 43.6 Å². The summed E-state index contributed by atoms with van der Waals surface area (Å²) in [5, 5.41) is 9.89. The number of hydrogen-bond acceptors (Lipinski definition) is 3. The van der Waals surface area contributed by atoms with Crippen LogP contribution in [-0.2, 0) is 6.61 Å². The predicted molar refractivity (Wildman–Crippen MR) is 60.8 cm³/mol. The molecule has 4 heteroatoms. The van der Waals surface area contributed by atoms with Crippen molar-refractivity contribution in [3.05, 3.63) is 33.1 Å². The van der Waals surface area contributed by atoms with Crippen LogP contribution >= 0.6 is 27.3 Å². The fraction of sp³-hybridized carbons (Fsp3) is 0.100. The number of thiophene rings is 1. The van der Waals surface area contributed by atoms with Gasteiger partial charge in [0.25, 0.3) is 0 Å². The molecule has 0 aliphatic rings. The molecule has 0 unspecified atom stereocenters. The standard InChI is InChI=1S/C10H7BrO2S/c11-9-1-2-10-7(8(9)5-13)3-6(4-12)14-10/h1-3,5,12H,4H2. The van der Waals surface area contributed by atoms with E-state index in [0.717, 1.165) is 25.7 Å². The van der Waals surface area contributed by atoms with Crippen molar-refractivity contribution in [3.8, 4) is 0 Å². The SMILES string of the molecule is O=Cc1c(Br)ccc2sc(CO)cc12. The first-order valence-corrected chi connectivity index (χ1v) is 5.64. The Kier molecular flexibility index (Phi) is 2.67. The Morgan fingerprint density at radius 2 is 2.29 bits per heavy atom. The van der Waals surface area contributed by atoms with E-state index >= 15 is 0 Å². The third-order valence-electron chi connectivity index (χ3n) is 2.01. The Morgan fingerprint density at radius 3 is 2.93 bits per heavy atom. The maximum absolute atomic E-state index is 10.9. The highest BCUT2D eigenvalue weighted by Gasteiger charge is 2.08. The number of rotatable bonds is 2. The van der Waals surface area contributed by atoms with Crippen LogP contribution in [-0.4, -0.2) is 11.4 Å². The Balaban J connectivity index is 2.79. The number of aliphatic hydroxyl groups is 1. The Bertz CT molecular complexity index is 490. The molecule has 72 valence electrons. The Morgan fingerprint density at radius 1 is 1.50 bits per heavy atom. The van der Waals surface area contributed by atoms with Gasteiger partial charge < -0.3 is 5.11 Å². The zero-order valence-electron chi connectivity index (χ0n) is 7.16. The molecule has 0 spiro atoms. The summed E-state index contributed by atoms with van der Waals surface area (Å²) < 4.78 is 1.82. The van der Waals surface area contributed by atoms with E-state index in [9.17, 15) is 4.79 Å². The van der Waals surface area contributed by atoms with Gasteiger partial charge in [-0.15, -0.1) is 11.3 Å². The van der Waals surface area contributed by atoms with E-state index in [1.165, 1.54) is 11.3 Å². The smallest absolute Gasteiger partial charge is 0.151 e. The van der Waals surface area contributed by atoms with Gasteiger partial charge >= 0.3 is 0 Å². The molecule has 14 heavy (non-hydrogen) atoms. The molecule has 0 fully saturated rings. The maximum atomic E-state index is 10.9. The molecule has 0 bridgehead atoms. The average Bonchev–Trinajstić information content (AvgIpc) is 2.60. The number of carbonyl (C=O) groups is 1. The maximum Gasteiger partial charge on any atom is 0.151 e. The van der Waals surface area contributed by atoms with Gasteiger partial charge in [0.05, 0.1) is 6.61 Å². The second-order valence-corrected chi connectivity index (χ2v) is 4.88. The summed E-state index contributed by atoms with van der Waals surface area (Å²) in [7, 11) is 0. The summed E-state index contributed by atoms with van der Waals surface area (Å²) in [5.41, 5.74) is 0.651. The van der Waals surface area contributed by atoms with E-state index in [1.54, 1.807) is 0 Å². The van der Waals surface area contributed by atoms with Crippen molar-refractivity contribution in [1.29, 1.82) is 0 Å². The highest BCUT2D eigenvalue weighted by molar-refractivity contribution is 9.10. The van der Waals surface area contributed by atoms with Crippen molar-refractivity contribution in [2.75, 3.05) is 0 Å². The molecule has 0 aliphatic carbocycles. The second-order valence-electron chi connectivity index (χ2n) is 2.86. The lowest BCUT2D eigenvalue weighted by atomic mass is 10.1. The topological polar surface area (TPSA) is 37.3 Å². The fourth-order valence-electron chi connectivity index (χ4n) is 1.36. The van der Waals surface area contributed by atoms with E-state index in [1.807, 2.05) is 18.2 Å². The molecular formula is C10H7BrO2S. The molecule has 2 nitrogen and oxygen atoms in total. The van der Waals surface area contributed by atoms with Crippen LogP contribution in [0.15, 0.2) is 22.7 Å². The third-order valence-corrected chi connectivity index (χ3v) is 3.79. The molecular weight excluding hydrogens is 264 g/mol. The van der Waals surface area contributed by atoms with Gasteiger partial charge in [0.1, 0.15) is 0 Å². The Labute approximate surface area is 93.3 Å². The van der Waals surface area contributed by atoms with Gasteiger partial charge in [-0.1, -0.05) is 15.9 Å². The van der Waals surface area contributed by atoms with Crippen LogP contribution in [0.2, 0.25) is 0 Å². The molecule has 0 saturated carbocycles. The molecule has 1 aromatic carbocycles. The largest absolute Gasteiger partial charge is 0.391 e. The van der Waals surface area contributed by atoms with Crippen molar-refractivity contribution in [2.45, 2.75) is 6.61 Å². The zero-order valence-corrected chi connectivity index (χ0v) is 9.56. The van der Waals surface area contributed by atoms with Crippen molar-refractivity contribution in [2.24, 2.45) is 0 Å². The van der Waals surface area contributed by atoms with E-state index in [-0.39, 0.29) is 6.61 Å². The Hall–Kier alpha value is -0.710. The fourth-order valence-corrected chi connectivity index (χ4v) is 2.73. The van der Waals surface area contributed by atoms with Gasteiger partial charge in [-0.2, -0.15) is 0 Å². The van der Waals surface area contributed by atoms with Gasteiger partial charge in [-0.05, 0) is 18.2 Å². The summed E-state index contributed by atoms with van der Waals surface area (Å²) >= 11 is 4.83. The van der Waals surface area contributed by atoms with E-state index in [4.69, 9.17) is 5.11 Å². The molecule has 0 saturated heterocycles. The van der Waals surface area contributed by atoms with Crippen molar-refractivity contribution < 1.29 is 9.90 Å². The first-order valence-electron chi connectivity index (χ1n) is 4.03. The van der Waals surface area contributed by atoms with Gasteiger partial charge in [-0.3, -0.25) is 4.79 Å².